The summed E-state index contributed by atoms with van der Waals surface area (Å²) in [6, 6.07) is 16.8. The fourth-order valence-electron chi connectivity index (χ4n) is 2.37. The summed E-state index contributed by atoms with van der Waals surface area (Å²) in [5, 5.41) is 2.74. The summed E-state index contributed by atoms with van der Waals surface area (Å²) in [5.41, 5.74) is 1.05. The summed E-state index contributed by atoms with van der Waals surface area (Å²) in [5.74, 6) is -0.751. The number of amides is 1. The van der Waals surface area contributed by atoms with Crippen LogP contribution in [0.3, 0.4) is 0 Å². The van der Waals surface area contributed by atoms with Crippen LogP contribution in [0.15, 0.2) is 71.8 Å². The van der Waals surface area contributed by atoms with Crippen LogP contribution in [-0.2, 0) is 17.9 Å². The van der Waals surface area contributed by atoms with Crippen molar-refractivity contribution >= 4 is 5.91 Å². The Morgan fingerprint density at radius 1 is 1.08 bits per heavy atom. The van der Waals surface area contributed by atoms with Gasteiger partial charge in [0.2, 0.25) is 5.91 Å². The van der Waals surface area contributed by atoms with E-state index in [-0.39, 0.29) is 23.7 Å². The molecule has 0 fully saturated rings. The molecule has 126 valence electrons. The molecule has 0 atom stereocenters. The third-order valence-electron chi connectivity index (χ3n) is 3.68. The minimum Gasteiger partial charge on any atom is -0.350 e. The Kier molecular flexibility index (Phi) is 4.99. The summed E-state index contributed by atoms with van der Waals surface area (Å²) in [4.78, 5) is 28.2. The van der Waals surface area contributed by atoms with Gasteiger partial charge in [-0.05, 0) is 17.7 Å². The summed E-state index contributed by atoms with van der Waals surface area (Å²) in [6.07, 6.45) is 1.26. The monoisotopic (exact) mass is 337 g/mol. The van der Waals surface area contributed by atoms with Gasteiger partial charge in [-0.15, -0.1) is 0 Å². The largest absolute Gasteiger partial charge is 0.350 e. The zero-order valence-corrected chi connectivity index (χ0v) is 13.4. The van der Waals surface area contributed by atoms with Crippen molar-refractivity contribution in [2.75, 3.05) is 0 Å². The molecule has 0 saturated heterocycles. The zero-order chi connectivity index (χ0) is 17.6. The molecule has 25 heavy (non-hydrogen) atoms. The topological polar surface area (TPSA) is 64.0 Å². The van der Waals surface area contributed by atoms with Crippen molar-refractivity contribution in [1.82, 2.24) is 14.9 Å². The van der Waals surface area contributed by atoms with E-state index in [0.29, 0.717) is 6.54 Å². The maximum absolute atomic E-state index is 13.8. The van der Waals surface area contributed by atoms with Crippen LogP contribution in [0.4, 0.5) is 4.39 Å². The van der Waals surface area contributed by atoms with Crippen LogP contribution in [0.1, 0.15) is 5.56 Å². The van der Waals surface area contributed by atoms with E-state index in [1.807, 2.05) is 30.3 Å². The number of rotatable bonds is 5. The molecule has 0 bridgehead atoms. The molecule has 1 heterocycles. The van der Waals surface area contributed by atoms with E-state index < -0.39 is 11.4 Å². The normalized spacial score (nSPS) is 10.4. The van der Waals surface area contributed by atoms with E-state index >= 15 is 0 Å². The molecular weight excluding hydrogens is 321 g/mol. The van der Waals surface area contributed by atoms with Gasteiger partial charge in [-0.2, -0.15) is 0 Å². The van der Waals surface area contributed by atoms with Gasteiger partial charge in [-0.1, -0.05) is 42.5 Å². The molecule has 5 nitrogen and oxygen atoms in total. The van der Waals surface area contributed by atoms with Gasteiger partial charge < -0.3 is 5.32 Å². The maximum atomic E-state index is 13.8. The first-order valence-corrected chi connectivity index (χ1v) is 7.75. The average Bonchev–Trinajstić information content (AvgIpc) is 2.63. The number of hydrogen-bond donors (Lipinski definition) is 1. The molecule has 6 heteroatoms. The maximum Gasteiger partial charge on any atom is 0.254 e. The van der Waals surface area contributed by atoms with E-state index in [1.54, 1.807) is 18.2 Å². The summed E-state index contributed by atoms with van der Waals surface area (Å²) in [7, 11) is 0. The molecular formula is C19H16FN3O2. The van der Waals surface area contributed by atoms with Gasteiger partial charge in [-0.3, -0.25) is 14.2 Å². The summed E-state index contributed by atoms with van der Waals surface area (Å²) >= 11 is 0. The molecule has 1 amide bonds. The quantitative estimate of drug-likeness (QED) is 0.777. The van der Waals surface area contributed by atoms with Crippen LogP contribution >= 0.6 is 0 Å². The summed E-state index contributed by atoms with van der Waals surface area (Å²) in [6.45, 7) is 0.241. The molecule has 0 aliphatic rings. The first-order valence-electron chi connectivity index (χ1n) is 7.75. The second-order valence-corrected chi connectivity index (χ2v) is 5.48. The van der Waals surface area contributed by atoms with Gasteiger partial charge in [0, 0.05) is 18.2 Å². The van der Waals surface area contributed by atoms with Crippen molar-refractivity contribution in [3.05, 3.63) is 88.7 Å². The minimum absolute atomic E-state index is 0.143. The van der Waals surface area contributed by atoms with Crippen molar-refractivity contribution in [3.8, 4) is 11.3 Å². The predicted octanol–water partition coefficient (Wildman–Crippen LogP) is 2.37. The number of nitrogens with zero attached hydrogens (tertiary/aromatic N) is 2. The Hall–Kier alpha value is -3.28. The predicted molar refractivity (Wildman–Crippen MR) is 92.2 cm³/mol. The van der Waals surface area contributed by atoms with Gasteiger partial charge in [0.1, 0.15) is 12.4 Å². The second kappa shape index (κ2) is 7.53. The molecule has 3 aromatic rings. The van der Waals surface area contributed by atoms with Crippen molar-refractivity contribution in [2.45, 2.75) is 13.1 Å². The van der Waals surface area contributed by atoms with Crippen LogP contribution in [0.2, 0.25) is 0 Å². The number of carbonyl (C=O) groups is 1. The van der Waals surface area contributed by atoms with Crippen LogP contribution in [0, 0.1) is 5.82 Å². The standard InChI is InChI=1S/C19H16FN3O2/c20-16-9-5-4-8-15(16)17-10-19(25)23(13-22-17)12-18(24)21-11-14-6-2-1-3-7-14/h1-10,13H,11-12H2,(H,21,24). The van der Waals surface area contributed by atoms with E-state index in [4.69, 9.17) is 0 Å². The van der Waals surface area contributed by atoms with E-state index in [9.17, 15) is 14.0 Å². The molecule has 2 aromatic carbocycles. The third-order valence-corrected chi connectivity index (χ3v) is 3.68. The fraction of sp³-hybridized carbons (Fsp3) is 0.105. The van der Waals surface area contributed by atoms with Crippen molar-refractivity contribution in [1.29, 1.82) is 0 Å². The molecule has 0 spiro atoms. The van der Waals surface area contributed by atoms with Crippen molar-refractivity contribution in [3.63, 3.8) is 0 Å². The van der Waals surface area contributed by atoms with E-state index in [0.717, 1.165) is 5.56 Å². The molecule has 0 radical (unpaired) electrons. The highest BCUT2D eigenvalue weighted by Crippen LogP contribution is 2.18. The average molecular weight is 337 g/mol. The Morgan fingerprint density at radius 3 is 2.52 bits per heavy atom. The lowest BCUT2D eigenvalue weighted by atomic mass is 10.1. The molecule has 0 aliphatic heterocycles. The van der Waals surface area contributed by atoms with Gasteiger partial charge in [0.05, 0.1) is 12.0 Å². The second-order valence-electron chi connectivity index (χ2n) is 5.48. The minimum atomic E-state index is -0.451. The highest BCUT2D eigenvalue weighted by atomic mass is 19.1. The Morgan fingerprint density at radius 2 is 1.80 bits per heavy atom. The number of aromatic nitrogens is 2. The van der Waals surface area contributed by atoms with Crippen LogP contribution in [0.5, 0.6) is 0 Å². The molecule has 0 saturated carbocycles. The van der Waals surface area contributed by atoms with Gasteiger partial charge in [-0.25, -0.2) is 9.37 Å². The van der Waals surface area contributed by atoms with Gasteiger partial charge in [0.15, 0.2) is 0 Å². The lowest BCUT2D eigenvalue weighted by Gasteiger charge is -2.08. The Labute approximate surface area is 143 Å². The first-order chi connectivity index (χ1) is 12.1. The fourth-order valence-corrected chi connectivity index (χ4v) is 2.37. The van der Waals surface area contributed by atoms with Gasteiger partial charge in [0.25, 0.3) is 5.56 Å². The van der Waals surface area contributed by atoms with Crippen LogP contribution < -0.4 is 10.9 Å². The highest BCUT2D eigenvalue weighted by molar-refractivity contribution is 5.75. The van der Waals surface area contributed by atoms with Crippen molar-refractivity contribution in [2.24, 2.45) is 0 Å². The smallest absolute Gasteiger partial charge is 0.254 e. The molecule has 1 aromatic heterocycles. The summed E-state index contributed by atoms with van der Waals surface area (Å²) < 4.78 is 15.0. The molecule has 3 rings (SSSR count). The highest BCUT2D eigenvalue weighted by Gasteiger charge is 2.09. The zero-order valence-electron chi connectivity index (χ0n) is 13.4. The Bertz CT molecular complexity index is 939. The van der Waals surface area contributed by atoms with Crippen LogP contribution in [-0.4, -0.2) is 15.5 Å². The number of carbonyl (C=O) groups excluding carboxylic acids is 1. The number of hydrogen-bond acceptors (Lipinski definition) is 3. The van der Waals surface area contributed by atoms with E-state index in [1.165, 1.54) is 23.0 Å². The number of nitrogens with one attached hydrogen (secondary N) is 1. The van der Waals surface area contributed by atoms with E-state index in [2.05, 4.69) is 10.3 Å². The first kappa shape index (κ1) is 16.6. The van der Waals surface area contributed by atoms with Crippen molar-refractivity contribution < 1.29 is 9.18 Å². The number of benzene rings is 2. The van der Waals surface area contributed by atoms with Crippen LogP contribution in [0.25, 0.3) is 11.3 Å². The molecule has 1 N–H and O–H groups in total. The van der Waals surface area contributed by atoms with Gasteiger partial charge >= 0.3 is 0 Å². The molecule has 0 unspecified atom stereocenters. The lowest BCUT2D eigenvalue weighted by molar-refractivity contribution is -0.121. The lowest BCUT2D eigenvalue weighted by Crippen LogP contribution is -2.31. The Balaban J connectivity index is 1.68. The SMILES string of the molecule is O=C(Cn1cnc(-c2ccccc2F)cc1=O)NCc1ccccc1. The third kappa shape index (κ3) is 4.17. The number of halogens is 1. The molecule has 0 aliphatic carbocycles.